The van der Waals surface area contributed by atoms with Gasteiger partial charge in [0.2, 0.25) is 0 Å². The van der Waals surface area contributed by atoms with Crippen LogP contribution in [-0.2, 0) is 0 Å². The van der Waals surface area contributed by atoms with Crippen LogP contribution in [0.25, 0.3) is 0 Å². The molecule has 0 aliphatic rings. The van der Waals surface area contributed by atoms with E-state index >= 15 is 0 Å². The fourth-order valence-corrected chi connectivity index (χ4v) is 0.366. The van der Waals surface area contributed by atoms with Gasteiger partial charge in [-0.2, -0.15) is 0 Å². The van der Waals surface area contributed by atoms with Crippen LogP contribution in [0.1, 0.15) is 13.8 Å². The molecule has 0 aliphatic carbocycles. The molecule has 0 rings (SSSR count). The Bertz CT molecular complexity index is 105. The molecule has 1 nitrogen and oxygen atoms in total. The zero-order valence-corrected chi connectivity index (χ0v) is 6.03. The van der Waals surface area contributed by atoms with Gasteiger partial charge in [-0.25, -0.2) is 0 Å². The summed E-state index contributed by atoms with van der Waals surface area (Å²) in [6, 6.07) is 0. The van der Waals surface area contributed by atoms with Gasteiger partial charge in [0, 0.05) is 0 Å². The Morgan fingerprint density at radius 2 is 2.12 bits per heavy atom. The summed E-state index contributed by atoms with van der Waals surface area (Å²) in [5, 5.41) is 0. The van der Waals surface area contributed by atoms with Crippen LogP contribution in [-0.4, -0.2) is 4.99 Å². The molecule has 0 fully saturated rings. The second-order valence-electron chi connectivity index (χ2n) is 2.01. The van der Waals surface area contributed by atoms with Crippen molar-refractivity contribution in [1.29, 1.82) is 0 Å². The van der Waals surface area contributed by atoms with E-state index in [4.69, 9.17) is 5.73 Å². The normalized spacial score (nSPS) is 10.9. The van der Waals surface area contributed by atoms with E-state index in [9.17, 15) is 0 Å². The lowest BCUT2D eigenvalue weighted by atomic mass is 10.2. The summed E-state index contributed by atoms with van der Waals surface area (Å²) in [5.74, 6) is 0.538. The van der Waals surface area contributed by atoms with Gasteiger partial charge in [0.15, 0.2) is 0 Å². The van der Waals surface area contributed by atoms with E-state index in [1.54, 1.807) is 6.08 Å². The summed E-state index contributed by atoms with van der Waals surface area (Å²) in [5.41, 5.74) is 5.19. The summed E-state index contributed by atoms with van der Waals surface area (Å²) in [6.45, 7) is 4.16. The fraction of sp³-hybridized carbons (Fsp3) is 0.500. The van der Waals surface area contributed by atoms with Gasteiger partial charge in [-0.05, 0) is 12.0 Å². The van der Waals surface area contributed by atoms with Crippen LogP contribution in [0.3, 0.4) is 0 Å². The molecule has 0 bridgehead atoms. The lowest BCUT2D eigenvalue weighted by Gasteiger charge is -1.90. The summed E-state index contributed by atoms with van der Waals surface area (Å²) in [6.07, 6.45) is 3.72. The largest absolute Gasteiger partial charge is 0.390 e. The van der Waals surface area contributed by atoms with E-state index in [1.807, 2.05) is 6.08 Å². The van der Waals surface area contributed by atoms with E-state index in [1.165, 1.54) is 0 Å². The maximum atomic E-state index is 5.19. The van der Waals surface area contributed by atoms with Gasteiger partial charge in [-0.3, -0.25) is 0 Å². The first kappa shape index (κ1) is 7.63. The van der Waals surface area contributed by atoms with Crippen molar-refractivity contribution in [2.75, 3.05) is 0 Å². The van der Waals surface area contributed by atoms with Crippen LogP contribution in [0.5, 0.6) is 0 Å². The molecule has 2 N–H and O–H groups in total. The number of allylic oxidation sites excluding steroid dienone is 1. The molecule has 0 aromatic rings. The van der Waals surface area contributed by atoms with Gasteiger partial charge in [0.25, 0.3) is 0 Å². The molecular formula is C6H11NS. The van der Waals surface area contributed by atoms with Crippen LogP contribution in [0.4, 0.5) is 0 Å². The van der Waals surface area contributed by atoms with Gasteiger partial charge in [0.1, 0.15) is 0 Å². The lowest BCUT2D eigenvalue weighted by Crippen LogP contribution is -2.02. The predicted molar refractivity (Wildman–Crippen MR) is 40.8 cm³/mol. The molecule has 0 amide bonds. The van der Waals surface area contributed by atoms with Crippen LogP contribution >= 0.6 is 12.2 Å². The first-order valence-corrected chi connectivity index (χ1v) is 3.01. The van der Waals surface area contributed by atoms with E-state index in [2.05, 4.69) is 26.1 Å². The van der Waals surface area contributed by atoms with Crippen molar-refractivity contribution in [1.82, 2.24) is 0 Å². The smallest absolute Gasteiger partial charge is 0.0958 e. The van der Waals surface area contributed by atoms with Gasteiger partial charge >= 0.3 is 0 Å². The summed E-state index contributed by atoms with van der Waals surface area (Å²) in [7, 11) is 0. The summed E-state index contributed by atoms with van der Waals surface area (Å²) >= 11 is 4.60. The third-order valence-electron chi connectivity index (χ3n) is 0.645. The molecule has 0 saturated carbocycles. The molecule has 8 heavy (non-hydrogen) atoms. The third kappa shape index (κ3) is 5.63. The van der Waals surface area contributed by atoms with Crippen molar-refractivity contribution in [3.8, 4) is 0 Å². The number of hydrogen-bond donors (Lipinski definition) is 1. The molecular weight excluding hydrogens is 118 g/mol. The van der Waals surface area contributed by atoms with Crippen LogP contribution in [0, 0.1) is 5.92 Å². The zero-order chi connectivity index (χ0) is 6.57. The van der Waals surface area contributed by atoms with Gasteiger partial charge in [-0.15, -0.1) is 0 Å². The number of hydrogen-bond acceptors (Lipinski definition) is 1. The minimum atomic E-state index is 0.457. The van der Waals surface area contributed by atoms with Crippen molar-refractivity contribution in [3.05, 3.63) is 12.2 Å². The van der Waals surface area contributed by atoms with Crippen LogP contribution in [0.2, 0.25) is 0 Å². The van der Waals surface area contributed by atoms with E-state index in [0.717, 1.165) is 0 Å². The van der Waals surface area contributed by atoms with Crippen LogP contribution in [0.15, 0.2) is 12.2 Å². The highest BCUT2D eigenvalue weighted by molar-refractivity contribution is 7.80. The van der Waals surface area contributed by atoms with Gasteiger partial charge in [-0.1, -0.05) is 32.1 Å². The maximum absolute atomic E-state index is 5.19. The Labute approximate surface area is 55.6 Å². The molecule has 0 radical (unpaired) electrons. The molecule has 0 heterocycles. The Morgan fingerprint density at radius 3 is 2.25 bits per heavy atom. The van der Waals surface area contributed by atoms with E-state index < -0.39 is 0 Å². The third-order valence-corrected chi connectivity index (χ3v) is 0.781. The highest BCUT2D eigenvalue weighted by atomic mass is 32.1. The minimum Gasteiger partial charge on any atom is -0.390 e. The number of rotatable bonds is 2. The molecule has 0 spiro atoms. The molecule has 0 unspecified atom stereocenters. The number of thiocarbonyl (C=S) groups is 1. The predicted octanol–water partition coefficient (Wildman–Crippen LogP) is 1.48. The van der Waals surface area contributed by atoms with Crippen molar-refractivity contribution < 1.29 is 0 Å². The number of nitrogens with two attached hydrogens (primary N) is 1. The Balaban J connectivity index is 3.50. The fourth-order valence-electron chi connectivity index (χ4n) is 0.287. The maximum Gasteiger partial charge on any atom is 0.0958 e. The Kier molecular flexibility index (Phi) is 3.44. The van der Waals surface area contributed by atoms with Gasteiger partial charge in [0.05, 0.1) is 4.99 Å². The molecule has 0 saturated heterocycles. The average molecular weight is 129 g/mol. The molecule has 0 aromatic carbocycles. The van der Waals surface area contributed by atoms with Crippen molar-refractivity contribution in [2.24, 2.45) is 11.7 Å². The quantitative estimate of drug-likeness (QED) is 0.451. The Morgan fingerprint density at radius 1 is 1.62 bits per heavy atom. The van der Waals surface area contributed by atoms with E-state index in [-0.39, 0.29) is 0 Å². The average Bonchev–Trinajstić information content (AvgIpc) is 1.61. The molecule has 0 atom stereocenters. The first-order valence-electron chi connectivity index (χ1n) is 2.60. The molecule has 0 aromatic heterocycles. The molecule has 46 valence electrons. The van der Waals surface area contributed by atoms with E-state index in [0.29, 0.717) is 10.9 Å². The highest BCUT2D eigenvalue weighted by Gasteiger charge is 1.82. The van der Waals surface area contributed by atoms with Gasteiger partial charge < -0.3 is 5.73 Å². The summed E-state index contributed by atoms with van der Waals surface area (Å²) in [4.78, 5) is 0.457. The molecule has 0 aliphatic heterocycles. The van der Waals surface area contributed by atoms with Crippen molar-refractivity contribution in [2.45, 2.75) is 13.8 Å². The topological polar surface area (TPSA) is 26.0 Å². The summed E-state index contributed by atoms with van der Waals surface area (Å²) < 4.78 is 0. The molecule has 2 heteroatoms. The zero-order valence-electron chi connectivity index (χ0n) is 5.22. The second-order valence-corrected chi connectivity index (χ2v) is 2.48. The first-order chi connectivity index (χ1) is 3.63. The monoisotopic (exact) mass is 129 g/mol. The van der Waals surface area contributed by atoms with Crippen LogP contribution < -0.4 is 5.73 Å². The Hall–Kier alpha value is -0.370. The van der Waals surface area contributed by atoms with Crippen molar-refractivity contribution in [3.63, 3.8) is 0 Å². The standard InChI is InChI=1S/C6H11NS/c1-5(2)3-4-6(7)8/h3-5H,1-2H3,(H2,7,8)/b4-3+. The second kappa shape index (κ2) is 3.61. The minimum absolute atomic E-state index is 0.457. The van der Waals surface area contributed by atoms with Crippen molar-refractivity contribution >= 4 is 17.2 Å². The highest BCUT2D eigenvalue weighted by Crippen LogP contribution is 1.91. The SMILES string of the molecule is CC(C)/C=C/C(N)=S. The lowest BCUT2D eigenvalue weighted by molar-refractivity contribution is 0.833.